The minimum atomic E-state index is -0.801. The molecule has 1 aromatic rings. The zero-order valence-electron chi connectivity index (χ0n) is 9.93. The fourth-order valence-corrected chi connectivity index (χ4v) is 3.04. The first kappa shape index (κ1) is 12.3. The summed E-state index contributed by atoms with van der Waals surface area (Å²) in [5.41, 5.74) is 0. The number of aromatic nitrogens is 2. The molecule has 17 heavy (non-hydrogen) atoms. The summed E-state index contributed by atoms with van der Waals surface area (Å²) in [6, 6.07) is 0.323. The standard InChI is InChI=1S/C11H17N3O2S/c1-2-9-12-11(17-13-9)14(7-10(15)16)8-5-3-4-6-8/h8H,2-7H2,1H3,(H,15,16). The van der Waals surface area contributed by atoms with Gasteiger partial charge in [-0.1, -0.05) is 19.8 Å². The molecule has 0 spiro atoms. The van der Waals surface area contributed by atoms with Gasteiger partial charge in [-0.2, -0.15) is 4.37 Å². The van der Waals surface area contributed by atoms with Gasteiger partial charge in [-0.05, 0) is 12.8 Å². The molecule has 1 heterocycles. The summed E-state index contributed by atoms with van der Waals surface area (Å²) < 4.78 is 4.23. The lowest BCUT2D eigenvalue weighted by atomic mass is 10.2. The Morgan fingerprint density at radius 1 is 1.53 bits per heavy atom. The van der Waals surface area contributed by atoms with Gasteiger partial charge in [0.1, 0.15) is 12.4 Å². The second kappa shape index (κ2) is 5.44. The molecule has 1 fully saturated rings. The van der Waals surface area contributed by atoms with Crippen molar-refractivity contribution in [1.29, 1.82) is 0 Å². The molecule has 0 atom stereocenters. The van der Waals surface area contributed by atoms with Crippen molar-refractivity contribution in [2.24, 2.45) is 0 Å². The van der Waals surface area contributed by atoms with Crippen LogP contribution in [0.3, 0.4) is 0 Å². The van der Waals surface area contributed by atoms with E-state index in [1.54, 1.807) is 0 Å². The van der Waals surface area contributed by atoms with Crippen LogP contribution in [0.25, 0.3) is 0 Å². The molecule has 6 heteroatoms. The summed E-state index contributed by atoms with van der Waals surface area (Å²) in [5, 5.41) is 9.74. The Morgan fingerprint density at radius 3 is 2.76 bits per heavy atom. The minimum absolute atomic E-state index is 0.0308. The van der Waals surface area contributed by atoms with E-state index in [4.69, 9.17) is 5.11 Å². The molecular formula is C11H17N3O2S. The highest BCUT2D eigenvalue weighted by molar-refractivity contribution is 7.09. The van der Waals surface area contributed by atoms with Gasteiger partial charge < -0.3 is 10.0 Å². The number of nitrogens with zero attached hydrogens (tertiary/aromatic N) is 3. The van der Waals surface area contributed by atoms with Crippen molar-refractivity contribution in [2.45, 2.75) is 45.1 Å². The first-order chi connectivity index (χ1) is 8.20. The van der Waals surface area contributed by atoms with Gasteiger partial charge in [-0.15, -0.1) is 0 Å². The van der Waals surface area contributed by atoms with Crippen molar-refractivity contribution >= 4 is 22.6 Å². The normalized spacial score (nSPS) is 16.3. The van der Waals surface area contributed by atoms with Crippen molar-refractivity contribution in [3.8, 4) is 0 Å². The Balaban J connectivity index is 2.15. The monoisotopic (exact) mass is 255 g/mol. The van der Waals surface area contributed by atoms with Crippen molar-refractivity contribution in [3.05, 3.63) is 5.82 Å². The molecular weight excluding hydrogens is 238 g/mol. The van der Waals surface area contributed by atoms with Crippen LogP contribution in [-0.4, -0.2) is 33.0 Å². The van der Waals surface area contributed by atoms with Crippen molar-refractivity contribution in [3.63, 3.8) is 0 Å². The molecule has 0 aromatic carbocycles. The second-order valence-electron chi connectivity index (χ2n) is 4.31. The van der Waals surface area contributed by atoms with Crippen molar-refractivity contribution < 1.29 is 9.90 Å². The summed E-state index contributed by atoms with van der Waals surface area (Å²) in [5.74, 6) is 0.00327. The lowest BCUT2D eigenvalue weighted by Gasteiger charge is -2.26. The van der Waals surface area contributed by atoms with Gasteiger partial charge in [0.05, 0.1) is 0 Å². The molecule has 0 aliphatic heterocycles. The Labute approximate surface area is 105 Å². The summed E-state index contributed by atoms with van der Waals surface area (Å²) in [6.45, 7) is 2.03. The molecule has 1 saturated carbocycles. The molecule has 1 aliphatic carbocycles. The highest BCUT2D eigenvalue weighted by Gasteiger charge is 2.26. The maximum absolute atomic E-state index is 10.9. The molecule has 1 aliphatic rings. The van der Waals surface area contributed by atoms with Crippen LogP contribution >= 0.6 is 11.5 Å². The van der Waals surface area contributed by atoms with Crippen LogP contribution in [0, 0.1) is 0 Å². The lowest BCUT2D eigenvalue weighted by molar-refractivity contribution is -0.135. The quantitative estimate of drug-likeness (QED) is 0.871. The Bertz CT molecular complexity index is 388. The van der Waals surface area contributed by atoms with Gasteiger partial charge in [-0.25, -0.2) is 4.98 Å². The molecule has 5 nitrogen and oxygen atoms in total. The predicted octanol–water partition coefficient (Wildman–Crippen LogP) is 1.93. The lowest BCUT2D eigenvalue weighted by Crippen LogP contribution is -2.37. The van der Waals surface area contributed by atoms with Gasteiger partial charge in [-0.3, -0.25) is 4.79 Å². The number of anilines is 1. The molecule has 94 valence electrons. The molecule has 0 radical (unpaired) electrons. The zero-order valence-corrected chi connectivity index (χ0v) is 10.7. The van der Waals surface area contributed by atoms with Gasteiger partial charge >= 0.3 is 5.97 Å². The van der Waals surface area contributed by atoms with E-state index in [1.807, 2.05) is 11.8 Å². The van der Waals surface area contributed by atoms with E-state index in [9.17, 15) is 4.79 Å². The van der Waals surface area contributed by atoms with Crippen molar-refractivity contribution in [1.82, 2.24) is 9.36 Å². The third kappa shape index (κ3) is 2.94. The van der Waals surface area contributed by atoms with Crippen LogP contribution < -0.4 is 4.90 Å². The van der Waals surface area contributed by atoms with E-state index >= 15 is 0 Å². The van der Waals surface area contributed by atoms with Gasteiger partial charge in [0.25, 0.3) is 0 Å². The predicted molar refractivity (Wildman–Crippen MR) is 66.5 cm³/mol. The Hall–Kier alpha value is -1.17. The zero-order chi connectivity index (χ0) is 12.3. The molecule has 2 rings (SSSR count). The Morgan fingerprint density at radius 2 is 2.24 bits per heavy atom. The number of carbonyl (C=O) groups is 1. The number of carboxylic acids is 1. The summed E-state index contributed by atoms with van der Waals surface area (Å²) in [4.78, 5) is 17.2. The molecule has 0 bridgehead atoms. The summed E-state index contributed by atoms with van der Waals surface area (Å²) >= 11 is 1.31. The van der Waals surface area contributed by atoms with Crippen LogP contribution in [0.5, 0.6) is 0 Å². The van der Waals surface area contributed by atoms with E-state index in [0.29, 0.717) is 6.04 Å². The number of hydrogen-bond acceptors (Lipinski definition) is 5. The Kier molecular flexibility index (Phi) is 3.93. The number of hydrogen-bond donors (Lipinski definition) is 1. The molecule has 0 saturated heterocycles. The van der Waals surface area contributed by atoms with E-state index in [-0.39, 0.29) is 6.54 Å². The molecule has 1 N–H and O–H groups in total. The van der Waals surface area contributed by atoms with E-state index in [2.05, 4.69) is 9.36 Å². The fourth-order valence-electron chi connectivity index (χ4n) is 2.22. The number of aliphatic carboxylic acids is 1. The average molecular weight is 255 g/mol. The van der Waals surface area contributed by atoms with Crippen molar-refractivity contribution in [2.75, 3.05) is 11.4 Å². The van der Waals surface area contributed by atoms with Gasteiger partial charge in [0.15, 0.2) is 0 Å². The first-order valence-electron chi connectivity index (χ1n) is 6.01. The maximum atomic E-state index is 10.9. The van der Waals surface area contributed by atoms with E-state index in [1.165, 1.54) is 24.4 Å². The van der Waals surface area contributed by atoms with Crippen LogP contribution in [0.4, 0.5) is 5.13 Å². The van der Waals surface area contributed by atoms with E-state index < -0.39 is 5.97 Å². The SMILES string of the molecule is CCc1nsc(N(CC(=O)O)C2CCCC2)n1. The van der Waals surface area contributed by atoms with Gasteiger partial charge in [0, 0.05) is 24.0 Å². The minimum Gasteiger partial charge on any atom is -0.480 e. The first-order valence-corrected chi connectivity index (χ1v) is 6.79. The third-order valence-corrected chi connectivity index (χ3v) is 3.88. The van der Waals surface area contributed by atoms with Crippen LogP contribution in [0.2, 0.25) is 0 Å². The highest BCUT2D eigenvalue weighted by atomic mass is 32.1. The van der Waals surface area contributed by atoms with Gasteiger partial charge in [0.2, 0.25) is 5.13 Å². The topological polar surface area (TPSA) is 66.3 Å². The smallest absolute Gasteiger partial charge is 0.323 e. The molecule has 1 aromatic heterocycles. The van der Waals surface area contributed by atoms with Crippen LogP contribution in [-0.2, 0) is 11.2 Å². The largest absolute Gasteiger partial charge is 0.480 e. The van der Waals surface area contributed by atoms with Crippen LogP contribution in [0.1, 0.15) is 38.4 Å². The second-order valence-corrected chi connectivity index (χ2v) is 5.04. The molecule has 0 amide bonds. The fraction of sp³-hybridized carbons (Fsp3) is 0.727. The third-order valence-electron chi connectivity index (χ3n) is 3.09. The maximum Gasteiger partial charge on any atom is 0.323 e. The number of carboxylic acid groups (broad SMARTS) is 1. The number of rotatable bonds is 5. The molecule has 0 unspecified atom stereocenters. The summed E-state index contributed by atoms with van der Waals surface area (Å²) in [6.07, 6.45) is 5.28. The number of aryl methyl sites for hydroxylation is 1. The average Bonchev–Trinajstić information content (AvgIpc) is 2.97. The van der Waals surface area contributed by atoms with Crippen LogP contribution in [0.15, 0.2) is 0 Å². The van der Waals surface area contributed by atoms with E-state index in [0.717, 1.165) is 30.2 Å². The highest BCUT2D eigenvalue weighted by Crippen LogP contribution is 2.29. The summed E-state index contributed by atoms with van der Waals surface area (Å²) in [7, 11) is 0.